The van der Waals surface area contributed by atoms with Gasteiger partial charge in [0.2, 0.25) is 0 Å². The van der Waals surface area contributed by atoms with E-state index in [4.69, 9.17) is 0 Å². The first kappa shape index (κ1) is 7.70. The van der Waals surface area contributed by atoms with E-state index in [-0.39, 0.29) is 0 Å². The summed E-state index contributed by atoms with van der Waals surface area (Å²) in [5, 5.41) is 0. The van der Waals surface area contributed by atoms with Crippen LogP contribution in [0.1, 0.15) is 34.1 Å². The van der Waals surface area contributed by atoms with Gasteiger partial charge in [0.05, 0.1) is 0 Å². The summed E-state index contributed by atoms with van der Waals surface area (Å²) in [6, 6.07) is 17.8. The summed E-state index contributed by atoms with van der Waals surface area (Å²) in [5.74, 6) is 1.48. The molecule has 2 aliphatic rings. The van der Waals surface area contributed by atoms with Crippen molar-refractivity contribution >= 4 is 0 Å². The highest BCUT2D eigenvalue weighted by Gasteiger charge is 2.43. The standard InChI is InChI=1S/C15H12/c1-2-6-11-10(5-1)9-14-12-7-3-4-8-13(12)15(11)14/h1-8,14-15H,9H2. The van der Waals surface area contributed by atoms with E-state index >= 15 is 0 Å². The second kappa shape index (κ2) is 2.52. The van der Waals surface area contributed by atoms with Gasteiger partial charge in [-0.1, -0.05) is 48.5 Å². The Morgan fingerprint density at radius 3 is 2.27 bits per heavy atom. The fraction of sp³-hybridized carbons (Fsp3) is 0.200. The van der Waals surface area contributed by atoms with Crippen LogP contribution in [-0.2, 0) is 6.42 Å². The van der Waals surface area contributed by atoms with Gasteiger partial charge in [-0.05, 0) is 34.6 Å². The van der Waals surface area contributed by atoms with E-state index in [0.29, 0.717) is 5.92 Å². The monoisotopic (exact) mass is 192 g/mol. The number of hydrogen-bond donors (Lipinski definition) is 0. The zero-order chi connectivity index (χ0) is 9.83. The van der Waals surface area contributed by atoms with Crippen LogP contribution in [0.3, 0.4) is 0 Å². The molecule has 4 rings (SSSR count). The van der Waals surface area contributed by atoms with E-state index in [2.05, 4.69) is 48.5 Å². The van der Waals surface area contributed by atoms with Gasteiger partial charge in [-0.25, -0.2) is 0 Å². The molecule has 0 bridgehead atoms. The Morgan fingerprint density at radius 2 is 1.40 bits per heavy atom. The Morgan fingerprint density at radius 1 is 0.733 bits per heavy atom. The van der Waals surface area contributed by atoms with Gasteiger partial charge >= 0.3 is 0 Å². The molecule has 0 saturated heterocycles. The molecular formula is C15H12. The van der Waals surface area contributed by atoms with Crippen molar-refractivity contribution in [1.82, 2.24) is 0 Å². The zero-order valence-corrected chi connectivity index (χ0v) is 8.48. The molecule has 2 unspecified atom stereocenters. The van der Waals surface area contributed by atoms with E-state index < -0.39 is 0 Å². The summed E-state index contributed by atoms with van der Waals surface area (Å²) in [5.41, 5.74) is 6.27. The summed E-state index contributed by atoms with van der Waals surface area (Å²) < 4.78 is 0. The quantitative estimate of drug-likeness (QED) is 0.599. The highest BCUT2D eigenvalue weighted by Crippen LogP contribution is 2.56. The van der Waals surface area contributed by atoms with Crippen LogP contribution in [0.15, 0.2) is 48.5 Å². The number of hydrogen-bond acceptors (Lipinski definition) is 0. The Labute approximate surface area is 89.6 Å². The molecule has 0 heteroatoms. The van der Waals surface area contributed by atoms with Gasteiger partial charge in [0, 0.05) is 5.92 Å². The SMILES string of the molecule is c1ccc2c(c1)CC1c3ccccc3C21. The van der Waals surface area contributed by atoms with Gasteiger partial charge < -0.3 is 0 Å². The third-order valence-electron chi connectivity index (χ3n) is 3.96. The lowest BCUT2D eigenvalue weighted by atomic mass is 9.68. The number of fused-ring (bicyclic) bond motifs is 6. The summed E-state index contributed by atoms with van der Waals surface area (Å²) in [4.78, 5) is 0. The van der Waals surface area contributed by atoms with Crippen LogP contribution in [0.4, 0.5) is 0 Å². The van der Waals surface area contributed by atoms with E-state index in [0.717, 1.165) is 5.92 Å². The first-order valence-electron chi connectivity index (χ1n) is 5.62. The second-order valence-electron chi connectivity index (χ2n) is 4.62. The molecule has 0 heterocycles. The van der Waals surface area contributed by atoms with Gasteiger partial charge in [0.15, 0.2) is 0 Å². The Kier molecular flexibility index (Phi) is 1.29. The molecule has 2 aromatic carbocycles. The minimum absolute atomic E-state index is 0.706. The predicted molar refractivity (Wildman–Crippen MR) is 61.2 cm³/mol. The van der Waals surface area contributed by atoms with Gasteiger partial charge in [-0.2, -0.15) is 0 Å². The minimum Gasteiger partial charge on any atom is -0.0620 e. The maximum Gasteiger partial charge on any atom is 0.0167 e. The summed E-state index contributed by atoms with van der Waals surface area (Å²) in [6.07, 6.45) is 1.25. The molecule has 0 aliphatic heterocycles. The average molecular weight is 192 g/mol. The Hall–Kier alpha value is -1.56. The van der Waals surface area contributed by atoms with Crippen molar-refractivity contribution in [3.8, 4) is 0 Å². The third-order valence-corrected chi connectivity index (χ3v) is 3.96. The zero-order valence-electron chi connectivity index (χ0n) is 8.48. The van der Waals surface area contributed by atoms with Crippen LogP contribution in [0.25, 0.3) is 0 Å². The number of rotatable bonds is 0. The van der Waals surface area contributed by atoms with Gasteiger partial charge in [-0.15, -0.1) is 0 Å². The molecule has 2 atom stereocenters. The van der Waals surface area contributed by atoms with E-state index in [1.54, 1.807) is 22.3 Å². The summed E-state index contributed by atoms with van der Waals surface area (Å²) >= 11 is 0. The lowest BCUT2D eigenvalue weighted by molar-refractivity contribution is 0.574. The van der Waals surface area contributed by atoms with E-state index in [1.165, 1.54) is 6.42 Å². The molecule has 0 saturated carbocycles. The summed E-state index contributed by atoms with van der Waals surface area (Å²) in [6.45, 7) is 0. The van der Waals surface area contributed by atoms with Gasteiger partial charge in [-0.3, -0.25) is 0 Å². The normalized spacial score (nSPS) is 25.1. The fourth-order valence-corrected chi connectivity index (χ4v) is 3.30. The maximum absolute atomic E-state index is 2.30. The van der Waals surface area contributed by atoms with Crippen molar-refractivity contribution in [3.05, 3.63) is 70.8 Å². The molecule has 72 valence electrons. The average Bonchev–Trinajstić information content (AvgIpc) is 2.60. The minimum atomic E-state index is 0.706. The Balaban J connectivity index is 1.94. The molecular weight excluding hydrogens is 180 g/mol. The molecule has 0 N–H and O–H groups in total. The molecule has 0 nitrogen and oxygen atoms in total. The van der Waals surface area contributed by atoms with Crippen LogP contribution in [0.2, 0.25) is 0 Å². The highest BCUT2D eigenvalue weighted by atomic mass is 14.5. The van der Waals surface area contributed by atoms with E-state index in [9.17, 15) is 0 Å². The molecule has 15 heavy (non-hydrogen) atoms. The predicted octanol–water partition coefficient (Wildman–Crippen LogP) is 3.47. The van der Waals surface area contributed by atoms with Crippen molar-refractivity contribution in [1.29, 1.82) is 0 Å². The molecule has 0 aromatic heterocycles. The molecule has 0 amide bonds. The largest absolute Gasteiger partial charge is 0.0620 e. The first-order valence-corrected chi connectivity index (χ1v) is 5.62. The Bertz CT molecular complexity index is 533. The topological polar surface area (TPSA) is 0 Å². The number of benzene rings is 2. The van der Waals surface area contributed by atoms with Crippen LogP contribution >= 0.6 is 0 Å². The lowest BCUT2D eigenvalue weighted by Gasteiger charge is -2.35. The van der Waals surface area contributed by atoms with Gasteiger partial charge in [0.25, 0.3) is 0 Å². The molecule has 0 fully saturated rings. The lowest BCUT2D eigenvalue weighted by Crippen LogP contribution is -2.21. The summed E-state index contributed by atoms with van der Waals surface area (Å²) in [7, 11) is 0. The van der Waals surface area contributed by atoms with Gasteiger partial charge in [0.1, 0.15) is 0 Å². The third kappa shape index (κ3) is 0.829. The molecule has 0 radical (unpaired) electrons. The van der Waals surface area contributed by atoms with Crippen molar-refractivity contribution in [2.24, 2.45) is 0 Å². The van der Waals surface area contributed by atoms with Crippen LogP contribution < -0.4 is 0 Å². The van der Waals surface area contributed by atoms with Crippen molar-refractivity contribution < 1.29 is 0 Å². The smallest absolute Gasteiger partial charge is 0.0167 e. The van der Waals surface area contributed by atoms with Crippen molar-refractivity contribution in [2.75, 3.05) is 0 Å². The van der Waals surface area contributed by atoms with E-state index in [1.807, 2.05) is 0 Å². The molecule has 2 aromatic rings. The van der Waals surface area contributed by atoms with Crippen LogP contribution in [-0.4, -0.2) is 0 Å². The second-order valence-corrected chi connectivity index (χ2v) is 4.62. The maximum atomic E-state index is 2.30. The van der Waals surface area contributed by atoms with Crippen molar-refractivity contribution in [3.63, 3.8) is 0 Å². The van der Waals surface area contributed by atoms with Crippen molar-refractivity contribution in [2.45, 2.75) is 18.3 Å². The highest BCUT2D eigenvalue weighted by molar-refractivity contribution is 5.58. The molecule has 0 spiro atoms. The fourth-order valence-electron chi connectivity index (χ4n) is 3.30. The first-order chi connectivity index (χ1) is 7.45. The molecule has 2 aliphatic carbocycles. The van der Waals surface area contributed by atoms with Crippen LogP contribution in [0, 0.1) is 0 Å². The van der Waals surface area contributed by atoms with Crippen LogP contribution in [0.5, 0.6) is 0 Å².